The Morgan fingerprint density at radius 2 is 1.84 bits per heavy atom. The van der Waals surface area contributed by atoms with Crippen molar-refractivity contribution in [3.8, 4) is 5.75 Å². The van der Waals surface area contributed by atoms with Crippen LogP contribution >= 0.6 is 0 Å². The first kappa shape index (κ1) is 12.8. The number of hydrogen-bond donors (Lipinski definition) is 2. The second-order valence-corrected chi connectivity index (χ2v) is 3.99. The van der Waals surface area contributed by atoms with Crippen LogP contribution in [0.4, 0.5) is 11.4 Å². The van der Waals surface area contributed by atoms with E-state index in [2.05, 4.69) is 10.2 Å². The summed E-state index contributed by atoms with van der Waals surface area (Å²) in [5.74, 6) is -1.49. The summed E-state index contributed by atoms with van der Waals surface area (Å²) in [5, 5.41) is 26.3. The minimum atomic E-state index is -1.20. The maximum absolute atomic E-state index is 10.9. The van der Waals surface area contributed by atoms with Gasteiger partial charge in [-0.15, -0.1) is 0 Å². The molecule has 0 atom stereocenters. The molecule has 2 aromatic rings. The predicted molar refractivity (Wildman–Crippen MR) is 70.4 cm³/mol. The highest BCUT2D eigenvalue weighted by atomic mass is 16.4. The molecule has 2 rings (SSSR count). The summed E-state index contributed by atoms with van der Waals surface area (Å²) in [7, 11) is 0. The van der Waals surface area contributed by atoms with Gasteiger partial charge in [0.05, 0.1) is 11.4 Å². The zero-order valence-corrected chi connectivity index (χ0v) is 10.2. The molecule has 0 fully saturated rings. The molecule has 0 spiro atoms. The van der Waals surface area contributed by atoms with Crippen LogP contribution in [0.25, 0.3) is 0 Å². The zero-order valence-electron chi connectivity index (χ0n) is 10.2. The number of azo groups is 1. The lowest BCUT2D eigenvalue weighted by atomic mass is 10.2. The van der Waals surface area contributed by atoms with Gasteiger partial charge in [0.1, 0.15) is 11.3 Å². The van der Waals surface area contributed by atoms with Crippen LogP contribution in [0, 0.1) is 6.92 Å². The molecule has 5 heteroatoms. The van der Waals surface area contributed by atoms with Gasteiger partial charge < -0.3 is 10.2 Å². The maximum Gasteiger partial charge on any atom is 0.339 e. The quantitative estimate of drug-likeness (QED) is 0.819. The fraction of sp³-hybridized carbons (Fsp3) is 0.0714. The number of benzene rings is 2. The Labute approximate surface area is 109 Å². The number of rotatable bonds is 3. The molecule has 0 aliphatic rings. The van der Waals surface area contributed by atoms with Crippen molar-refractivity contribution in [2.45, 2.75) is 6.92 Å². The standard InChI is InChI=1S/C14H12N2O3/c1-9-4-2-3-5-12(9)16-15-10-6-7-13(17)11(8-10)14(18)19/h2-8,17H,1H3,(H,18,19). The summed E-state index contributed by atoms with van der Waals surface area (Å²) < 4.78 is 0. The summed E-state index contributed by atoms with van der Waals surface area (Å²) in [6.07, 6.45) is 0. The van der Waals surface area contributed by atoms with E-state index in [1.165, 1.54) is 18.2 Å². The van der Waals surface area contributed by atoms with Gasteiger partial charge in [0.25, 0.3) is 0 Å². The third kappa shape index (κ3) is 2.95. The Morgan fingerprint density at radius 3 is 2.53 bits per heavy atom. The molecular weight excluding hydrogens is 244 g/mol. The number of carboxylic acids is 1. The number of aromatic carboxylic acids is 1. The van der Waals surface area contributed by atoms with E-state index in [1.54, 1.807) is 0 Å². The molecule has 0 unspecified atom stereocenters. The van der Waals surface area contributed by atoms with Crippen molar-refractivity contribution in [3.63, 3.8) is 0 Å². The molecule has 0 aliphatic heterocycles. The van der Waals surface area contributed by atoms with Crippen molar-refractivity contribution in [2.24, 2.45) is 10.2 Å². The van der Waals surface area contributed by atoms with E-state index >= 15 is 0 Å². The van der Waals surface area contributed by atoms with Crippen LogP contribution in [0.1, 0.15) is 15.9 Å². The molecule has 0 saturated carbocycles. The van der Waals surface area contributed by atoms with E-state index in [4.69, 9.17) is 5.11 Å². The maximum atomic E-state index is 10.9. The van der Waals surface area contributed by atoms with E-state index in [1.807, 2.05) is 31.2 Å². The number of aryl methyl sites for hydroxylation is 1. The predicted octanol–water partition coefficient (Wildman–Crippen LogP) is 3.81. The fourth-order valence-electron chi connectivity index (χ4n) is 1.54. The van der Waals surface area contributed by atoms with Gasteiger partial charge in [0, 0.05) is 0 Å². The highest BCUT2D eigenvalue weighted by molar-refractivity contribution is 5.91. The normalized spacial score (nSPS) is 10.8. The van der Waals surface area contributed by atoms with Gasteiger partial charge in [0.2, 0.25) is 0 Å². The molecule has 5 nitrogen and oxygen atoms in total. The van der Waals surface area contributed by atoms with Crippen LogP contribution < -0.4 is 0 Å². The fourth-order valence-corrected chi connectivity index (χ4v) is 1.54. The largest absolute Gasteiger partial charge is 0.507 e. The van der Waals surface area contributed by atoms with Gasteiger partial charge in [-0.25, -0.2) is 4.79 Å². The van der Waals surface area contributed by atoms with Crippen LogP contribution in [-0.2, 0) is 0 Å². The van der Waals surface area contributed by atoms with E-state index in [-0.39, 0.29) is 11.3 Å². The van der Waals surface area contributed by atoms with E-state index in [0.29, 0.717) is 11.4 Å². The lowest BCUT2D eigenvalue weighted by molar-refractivity contribution is 0.0694. The van der Waals surface area contributed by atoms with Crippen LogP contribution in [0.15, 0.2) is 52.7 Å². The average molecular weight is 256 g/mol. The third-order valence-electron chi connectivity index (χ3n) is 2.60. The molecule has 0 saturated heterocycles. The number of aromatic hydroxyl groups is 1. The summed E-state index contributed by atoms with van der Waals surface area (Å²) in [6.45, 7) is 1.91. The molecule has 96 valence electrons. The number of carboxylic acid groups (broad SMARTS) is 1. The second kappa shape index (κ2) is 5.30. The Kier molecular flexibility index (Phi) is 3.56. The zero-order chi connectivity index (χ0) is 13.8. The van der Waals surface area contributed by atoms with Gasteiger partial charge in [-0.3, -0.25) is 0 Å². The summed E-state index contributed by atoms with van der Waals surface area (Å²) in [5.41, 5.74) is 1.87. The Hall–Kier alpha value is -2.69. The minimum Gasteiger partial charge on any atom is -0.507 e. The van der Waals surface area contributed by atoms with Gasteiger partial charge in [-0.2, -0.15) is 10.2 Å². The molecule has 0 aromatic heterocycles. The number of nitrogens with zero attached hydrogens (tertiary/aromatic N) is 2. The minimum absolute atomic E-state index is 0.193. The van der Waals surface area contributed by atoms with E-state index < -0.39 is 5.97 Å². The van der Waals surface area contributed by atoms with Crippen LogP contribution in [0.3, 0.4) is 0 Å². The molecule has 2 N–H and O–H groups in total. The van der Waals surface area contributed by atoms with Crippen molar-refractivity contribution >= 4 is 17.3 Å². The van der Waals surface area contributed by atoms with Crippen molar-refractivity contribution < 1.29 is 15.0 Å². The lowest BCUT2D eigenvalue weighted by Crippen LogP contribution is -1.95. The molecule has 0 heterocycles. The molecule has 0 radical (unpaired) electrons. The van der Waals surface area contributed by atoms with Gasteiger partial charge in [0.15, 0.2) is 0 Å². The first-order valence-electron chi connectivity index (χ1n) is 5.61. The van der Waals surface area contributed by atoms with Crippen LogP contribution in [0.5, 0.6) is 5.75 Å². The molecule has 2 aromatic carbocycles. The summed E-state index contributed by atoms with van der Waals surface area (Å²) in [4.78, 5) is 10.9. The smallest absolute Gasteiger partial charge is 0.339 e. The van der Waals surface area contributed by atoms with Gasteiger partial charge in [-0.1, -0.05) is 18.2 Å². The summed E-state index contributed by atoms with van der Waals surface area (Å²) in [6, 6.07) is 11.5. The number of phenols is 1. The lowest BCUT2D eigenvalue weighted by Gasteiger charge is -2.00. The van der Waals surface area contributed by atoms with Crippen molar-refractivity contribution in [1.29, 1.82) is 0 Å². The van der Waals surface area contributed by atoms with E-state index in [9.17, 15) is 9.90 Å². The second-order valence-electron chi connectivity index (χ2n) is 3.99. The van der Waals surface area contributed by atoms with Crippen LogP contribution in [0.2, 0.25) is 0 Å². The first-order chi connectivity index (χ1) is 9.08. The first-order valence-corrected chi connectivity index (χ1v) is 5.61. The highest BCUT2D eigenvalue weighted by Crippen LogP contribution is 2.26. The Balaban J connectivity index is 2.32. The molecule has 0 amide bonds. The molecule has 0 aliphatic carbocycles. The summed E-state index contributed by atoms with van der Waals surface area (Å²) >= 11 is 0. The van der Waals surface area contributed by atoms with Crippen molar-refractivity contribution in [3.05, 3.63) is 53.6 Å². The van der Waals surface area contributed by atoms with Crippen LogP contribution in [-0.4, -0.2) is 16.2 Å². The van der Waals surface area contributed by atoms with E-state index in [0.717, 1.165) is 5.56 Å². The molecule has 19 heavy (non-hydrogen) atoms. The van der Waals surface area contributed by atoms with Crippen molar-refractivity contribution in [1.82, 2.24) is 0 Å². The number of hydrogen-bond acceptors (Lipinski definition) is 4. The van der Waals surface area contributed by atoms with Gasteiger partial charge >= 0.3 is 5.97 Å². The Bertz CT molecular complexity index is 651. The van der Waals surface area contributed by atoms with Crippen molar-refractivity contribution in [2.75, 3.05) is 0 Å². The SMILES string of the molecule is Cc1ccccc1N=Nc1ccc(O)c(C(=O)O)c1. The highest BCUT2D eigenvalue weighted by Gasteiger charge is 2.09. The average Bonchev–Trinajstić information content (AvgIpc) is 2.39. The topological polar surface area (TPSA) is 82.2 Å². The Morgan fingerprint density at radius 1 is 1.11 bits per heavy atom. The van der Waals surface area contributed by atoms with Gasteiger partial charge in [-0.05, 0) is 36.8 Å². The monoisotopic (exact) mass is 256 g/mol. The third-order valence-corrected chi connectivity index (χ3v) is 2.60. The number of carbonyl (C=O) groups is 1. The molecule has 0 bridgehead atoms. The molecular formula is C14H12N2O3.